The Kier molecular flexibility index (Phi) is 3.28. The summed E-state index contributed by atoms with van der Waals surface area (Å²) in [6.07, 6.45) is -0.852. The van der Waals surface area contributed by atoms with Gasteiger partial charge in [0.2, 0.25) is 5.91 Å². The van der Waals surface area contributed by atoms with Gasteiger partial charge in [-0.3, -0.25) is 14.8 Å². The zero-order chi connectivity index (χ0) is 13.4. The predicted octanol–water partition coefficient (Wildman–Crippen LogP) is -1.03. The van der Waals surface area contributed by atoms with E-state index in [9.17, 15) is 14.4 Å². The Morgan fingerprint density at radius 2 is 2.00 bits per heavy atom. The van der Waals surface area contributed by atoms with Gasteiger partial charge in [-0.1, -0.05) is 0 Å². The van der Waals surface area contributed by atoms with Crippen LogP contribution in [0.3, 0.4) is 0 Å². The van der Waals surface area contributed by atoms with E-state index in [1.165, 1.54) is 0 Å². The van der Waals surface area contributed by atoms with Crippen molar-refractivity contribution in [2.75, 3.05) is 0 Å². The predicted molar refractivity (Wildman–Crippen MR) is 54.8 cm³/mol. The Labute approximate surface area is 97.6 Å². The van der Waals surface area contributed by atoms with Gasteiger partial charge in [-0.2, -0.15) is 0 Å². The summed E-state index contributed by atoms with van der Waals surface area (Å²) >= 11 is 0. The van der Waals surface area contributed by atoms with Crippen LogP contribution >= 0.6 is 0 Å². The number of amides is 3. The Hall–Kier alpha value is -1.83. The van der Waals surface area contributed by atoms with Crippen molar-refractivity contribution in [2.24, 2.45) is 5.73 Å². The third-order valence-electron chi connectivity index (χ3n) is 2.03. The fraction of sp³-hybridized carbons (Fsp3) is 0.667. The second-order valence-corrected chi connectivity index (χ2v) is 4.65. The van der Waals surface area contributed by atoms with Crippen LogP contribution in [0, 0.1) is 0 Å². The molecule has 3 amide bonds. The normalized spacial score (nSPS) is 24.0. The number of β-lactam (4-membered cyclic amide) rings is 1. The summed E-state index contributed by atoms with van der Waals surface area (Å²) in [6.45, 7) is 4.96. The number of rotatable bonds is 2. The summed E-state index contributed by atoms with van der Waals surface area (Å²) in [5.74, 6) is -1.71. The first-order chi connectivity index (χ1) is 7.63. The molecule has 0 saturated carbocycles. The van der Waals surface area contributed by atoms with E-state index in [-0.39, 0.29) is 5.06 Å². The molecule has 0 aromatic carbocycles. The molecule has 8 nitrogen and oxygen atoms in total. The lowest BCUT2D eigenvalue weighted by Crippen LogP contribution is -2.73. The number of carbonyl (C=O) groups excluding carboxylic acids is 3. The first-order valence-corrected chi connectivity index (χ1v) is 4.94. The average Bonchev–Trinajstić information content (AvgIpc) is 2.12. The number of hydrogen-bond donors (Lipinski definition) is 3. The van der Waals surface area contributed by atoms with Gasteiger partial charge in [-0.25, -0.2) is 9.86 Å². The zero-order valence-electron chi connectivity index (χ0n) is 9.76. The Morgan fingerprint density at radius 1 is 1.47 bits per heavy atom. The molecule has 2 unspecified atom stereocenters. The Bertz CT molecular complexity index is 362. The number of primary amides is 1. The van der Waals surface area contributed by atoms with Crippen LogP contribution < -0.4 is 11.1 Å². The summed E-state index contributed by atoms with van der Waals surface area (Å²) in [4.78, 5) is 33.4. The van der Waals surface area contributed by atoms with Crippen molar-refractivity contribution in [3.05, 3.63) is 0 Å². The lowest BCUT2D eigenvalue weighted by atomic mass is 9.98. The molecule has 17 heavy (non-hydrogen) atoms. The first kappa shape index (κ1) is 13.2. The maximum atomic E-state index is 11.3. The van der Waals surface area contributed by atoms with Crippen LogP contribution in [-0.4, -0.2) is 45.9 Å². The number of ether oxygens (including phenoxy) is 1. The zero-order valence-corrected chi connectivity index (χ0v) is 9.76. The molecule has 0 radical (unpaired) electrons. The summed E-state index contributed by atoms with van der Waals surface area (Å²) in [5, 5.41) is 11.4. The fourth-order valence-electron chi connectivity index (χ4n) is 1.33. The molecular formula is C9H15N3O5. The van der Waals surface area contributed by atoms with Crippen molar-refractivity contribution in [1.29, 1.82) is 0 Å². The van der Waals surface area contributed by atoms with Crippen LogP contribution in [0.5, 0.6) is 0 Å². The van der Waals surface area contributed by atoms with Crippen LogP contribution in [0.15, 0.2) is 0 Å². The highest BCUT2D eigenvalue weighted by molar-refractivity contribution is 6.01. The van der Waals surface area contributed by atoms with Gasteiger partial charge >= 0.3 is 6.09 Å². The minimum Gasteiger partial charge on any atom is -0.444 e. The van der Waals surface area contributed by atoms with Crippen molar-refractivity contribution >= 4 is 17.9 Å². The average molecular weight is 245 g/mol. The molecule has 1 heterocycles. The number of hydroxylamine groups is 2. The molecule has 4 N–H and O–H groups in total. The van der Waals surface area contributed by atoms with Gasteiger partial charge in [0, 0.05) is 0 Å². The lowest BCUT2D eigenvalue weighted by molar-refractivity contribution is -0.209. The van der Waals surface area contributed by atoms with Gasteiger partial charge in [0.05, 0.1) is 0 Å². The van der Waals surface area contributed by atoms with E-state index in [0.29, 0.717) is 0 Å². The topological polar surface area (TPSA) is 122 Å². The minimum atomic E-state index is -1.25. The SMILES string of the molecule is CC(C)(C)OC(=O)NC1C(=O)N(O)C1C(N)=O. The van der Waals surface area contributed by atoms with Gasteiger partial charge in [0.15, 0.2) is 6.04 Å². The van der Waals surface area contributed by atoms with Gasteiger partial charge < -0.3 is 15.8 Å². The van der Waals surface area contributed by atoms with Gasteiger partial charge in [-0.05, 0) is 20.8 Å². The van der Waals surface area contributed by atoms with E-state index in [2.05, 4.69) is 5.32 Å². The summed E-state index contributed by atoms with van der Waals surface area (Å²) < 4.78 is 4.90. The summed E-state index contributed by atoms with van der Waals surface area (Å²) in [7, 11) is 0. The number of nitrogens with one attached hydrogen (secondary N) is 1. The highest BCUT2D eigenvalue weighted by Crippen LogP contribution is 2.17. The first-order valence-electron chi connectivity index (χ1n) is 4.94. The van der Waals surface area contributed by atoms with E-state index in [1.807, 2.05) is 0 Å². The molecule has 0 bridgehead atoms. The third-order valence-corrected chi connectivity index (χ3v) is 2.03. The van der Waals surface area contributed by atoms with Crippen molar-refractivity contribution in [3.8, 4) is 0 Å². The largest absolute Gasteiger partial charge is 0.444 e. The number of nitrogens with zero attached hydrogens (tertiary/aromatic N) is 1. The standard InChI is InChI=1S/C9H15N3O5/c1-9(2,3)17-8(15)11-4-5(6(10)13)12(16)7(4)14/h4-5,16H,1-3H3,(H2,10,13)(H,11,15). The van der Waals surface area contributed by atoms with Crippen molar-refractivity contribution in [2.45, 2.75) is 38.5 Å². The molecule has 96 valence electrons. The molecule has 0 aromatic rings. The highest BCUT2D eigenvalue weighted by Gasteiger charge is 2.52. The van der Waals surface area contributed by atoms with Crippen molar-refractivity contribution in [1.82, 2.24) is 10.4 Å². The molecule has 1 rings (SSSR count). The van der Waals surface area contributed by atoms with E-state index in [4.69, 9.17) is 15.7 Å². The second kappa shape index (κ2) is 4.21. The van der Waals surface area contributed by atoms with Gasteiger partial charge in [0.25, 0.3) is 5.91 Å². The number of carbonyl (C=O) groups is 3. The van der Waals surface area contributed by atoms with Crippen LogP contribution in [-0.2, 0) is 14.3 Å². The second-order valence-electron chi connectivity index (χ2n) is 4.65. The van der Waals surface area contributed by atoms with Gasteiger partial charge in [0.1, 0.15) is 11.6 Å². The third kappa shape index (κ3) is 2.84. The quantitative estimate of drug-likeness (QED) is 0.424. The number of alkyl carbamates (subject to hydrolysis) is 1. The molecule has 0 spiro atoms. The maximum Gasteiger partial charge on any atom is 0.408 e. The van der Waals surface area contributed by atoms with Crippen LogP contribution in [0.1, 0.15) is 20.8 Å². The molecule has 1 aliphatic heterocycles. The van der Waals surface area contributed by atoms with E-state index < -0.39 is 35.6 Å². The molecule has 1 saturated heterocycles. The highest BCUT2D eigenvalue weighted by atomic mass is 16.6. The Morgan fingerprint density at radius 3 is 2.41 bits per heavy atom. The monoisotopic (exact) mass is 245 g/mol. The van der Waals surface area contributed by atoms with E-state index in [0.717, 1.165) is 0 Å². The Balaban J connectivity index is 2.60. The number of nitrogens with two attached hydrogens (primary N) is 1. The summed E-state index contributed by atoms with van der Waals surface area (Å²) in [5.41, 5.74) is 4.23. The molecule has 1 fully saturated rings. The molecule has 2 atom stereocenters. The number of hydrogen-bond acceptors (Lipinski definition) is 5. The molecule has 8 heteroatoms. The minimum absolute atomic E-state index is 0.185. The van der Waals surface area contributed by atoms with E-state index in [1.54, 1.807) is 20.8 Å². The molecule has 1 aliphatic rings. The molecule has 0 aromatic heterocycles. The van der Waals surface area contributed by atoms with Crippen LogP contribution in [0.2, 0.25) is 0 Å². The molecule has 0 aliphatic carbocycles. The van der Waals surface area contributed by atoms with Gasteiger partial charge in [-0.15, -0.1) is 0 Å². The summed E-state index contributed by atoms with van der Waals surface area (Å²) in [6, 6.07) is -2.43. The van der Waals surface area contributed by atoms with Crippen LogP contribution in [0.4, 0.5) is 4.79 Å². The maximum absolute atomic E-state index is 11.3. The van der Waals surface area contributed by atoms with Crippen molar-refractivity contribution in [3.63, 3.8) is 0 Å². The van der Waals surface area contributed by atoms with Crippen molar-refractivity contribution < 1.29 is 24.3 Å². The lowest BCUT2D eigenvalue weighted by Gasteiger charge is -2.40. The van der Waals surface area contributed by atoms with E-state index >= 15 is 0 Å². The fourth-order valence-corrected chi connectivity index (χ4v) is 1.33. The molecular weight excluding hydrogens is 230 g/mol. The van der Waals surface area contributed by atoms with Crippen LogP contribution in [0.25, 0.3) is 0 Å². The smallest absolute Gasteiger partial charge is 0.408 e.